The third-order valence-electron chi connectivity index (χ3n) is 19.5. The summed E-state index contributed by atoms with van der Waals surface area (Å²) in [5.74, 6) is 0.918. The van der Waals surface area contributed by atoms with Crippen molar-refractivity contribution in [3.63, 3.8) is 0 Å². The third-order valence-corrected chi connectivity index (χ3v) is 19.5. The number of anilines is 6. The first kappa shape index (κ1) is 50.6. The summed E-state index contributed by atoms with van der Waals surface area (Å²) in [6, 6.07) is 77.5. The number of aryl methyl sites for hydroxylation is 4. The second kappa shape index (κ2) is 20.3. The van der Waals surface area contributed by atoms with Crippen LogP contribution in [0.15, 0.2) is 215 Å². The molecule has 2 aliphatic rings. The summed E-state index contributed by atoms with van der Waals surface area (Å²) in [4.78, 5) is 5.24. The van der Waals surface area contributed by atoms with Crippen molar-refractivity contribution in [2.45, 2.75) is 104 Å². The van der Waals surface area contributed by atoms with Gasteiger partial charge in [-0.25, -0.2) is 0 Å². The van der Waals surface area contributed by atoms with E-state index in [1.165, 1.54) is 153 Å². The number of para-hydroxylation sites is 6. The van der Waals surface area contributed by atoms with Crippen LogP contribution in [0.25, 0.3) is 98.4 Å². The highest BCUT2D eigenvalue weighted by Crippen LogP contribution is 2.54. The van der Waals surface area contributed by atoms with Crippen LogP contribution in [0.3, 0.4) is 0 Å². The Labute approximate surface area is 491 Å². The predicted molar refractivity (Wildman–Crippen MR) is 356 cm³/mol. The van der Waals surface area contributed by atoms with Gasteiger partial charge in [-0.05, 0) is 180 Å². The molecular weight excluding hydrogens is 1020 g/mol. The van der Waals surface area contributed by atoms with E-state index in [1.807, 2.05) is 0 Å². The Bertz CT molecular complexity index is 4500. The third kappa shape index (κ3) is 8.16. The molecule has 16 rings (SSSR count). The summed E-state index contributed by atoms with van der Waals surface area (Å²) in [7, 11) is 0. The van der Waals surface area contributed by atoms with Gasteiger partial charge in [0.05, 0.1) is 22.7 Å². The molecule has 0 unspecified atom stereocenters. The largest absolute Gasteiger partial charge is 0.455 e. The van der Waals surface area contributed by atoms with E-state index < -0.39 is 0 Å². The lowest BCUT2D eigenvalue weighted by Crippen LogP contribution is -2.16. The molecule has 0 radical (unpaired) electrons. The SMILES string of the molecule is Cc1cccc(C)c1N(c1ccc(-c2cccc3c2oc2ccccc23)cc1)c1cc(C2CCCCC2)c2ccc3c(N(c4ccc(-c5cccc6c5oc5ccccc56)cc4)c4c(C)cccc4C)cc(C4CCCCC4)c4ccc1c2c43. The summed E-state index contributed by atoms with van der Waals surface area (Å²) in [5, 5.41) is 12.8. The first-order valence-electron chi connectivity index (χ1n) is 30.9. The highest BCUT2D eigenvalue weighted by Gasteiger charge is 2.31. The van der Waals surface area contributed by atoms with E-state index in [1.54, 1.807) is 0 Å². The Hall–Kier alpha value is -9.12. The van der Waals surface area contributed by atoms with Gasteiger partial charge < -0.3 is 18.6 Å². The van der Waals surface area contributed by atoms with Gasteiger partial charge in [-0.1, -0.05) is 196 Å². The van der Waals surface area contributed by atoms with Crippen LogP contribution in [0.2, 0.25) is 0 Å². The molecule has 0 saturated heterocycles. The summed E-state index contributed by atoms with van der Waals surface area (Å²) >= 11 is 0. The van der Waals surface area contributed by atoms with E-state index >= 15 is 0 Å². The normalized spacial score (nSPS) is 14.6. The van der Waals surface area contributed by atoms with Gasteiger partial charge in [0, 0.05) is 54.8 Å². The molecule has 0 spiro atoms. The maximum absolute atomic E-state index is 6.62. The maximum atomic E-state index is 6.62. The number of nitrogens with zero attached hydrogens (tertiary/aromatic N) is 2. The van der Waals surface area contributed by atoms with E-state index in [9.17, 15) is 0 Å². The second-order valence-corrected chi connectivity index (χ2v) is 24.5. The van der Waals surface area contributed by atoms with Gasteiger partial charge in [-0.2, -0.15) is 0 Å². The van der Waals surface area contributed by atoms with Crippen LogP contribution in [-0.2, 0) is 0 Å². The van der Waals surface area contributed by atoms with Crippen molar-refractivity contribution in [1.82, 2.24) is 0 Å². The molecule has 14 aromatic rings. The topological polar surface area (TPSA) is 32.8 Å². The van der Waals surface area contributed by atoms with E-state index in [4.69, 9.17) is 8.83 Å². The first-order valence-corrected chi connectivity index (χ1v) is 30.9. The van der Waals surface area contributed by atoms with Crippen LogP contribution in [0.4, 0.5) is 34.1 Å². The van der Waals surface area contributed by atoms with Crippen LogP contribution in [0.1, 0.15) is 109 Å². The molecule has 0 atom stereocenters. The van der Waals surface area contributed by atoms with Crippen molar-refractivity contribution in [2.24, 2.45) is 0 Å². The Balaban J connectivity index is 0.945. The molecule has 2 saturated carbocycles. The van der Waals surface area contributed by atoms with Gasteiger partial charge in [0.1, 0.15) is 22.3 Å². The average molecular weight is 1090 g/mol. The molecule has 0 N–H and O–H groups in total. The molecule has 2 aromatic heterocycles. The van der Waals surface area contributed by atoms with Gasteiger partial charge in [0.25, 0.3) is 0 Å². The van der Waals surface area contributed by atoms with Crippen LogP contribution in [0, 0.1) is 27.7 Å². The summed E-state index contributed by atoms with van der Waals surface area (Å²) in [5.41, 5.74) is 23.4. The molecule has 4 heteroatoms. The fourth-order valence-electron chi connectivity index (χ4n) is 15.5. The summed E-state index contributed by atoms with van der Waals surface area (Å²) in [6.07, 6.45) is 12.5. The molecule has 0 amide bonds. The molecule has 0 bridgehead atoms. The van der Waals surface area contributed by atoms with Crippen molar-refractivity contribution in [3.05, 3.63) is 240 Å². The molecule has 0 aliphatic heterocycles. The Kier molecular flexibility index (Phi) is 12.3. The van der Waals surface area contributed by atoms with Crippen molar-refractivity contribution >= 4 is 110 Å². The number of benzene rings is 12. The number of fused-ring (bicyclic) bond motifs is 6. The highest BCUT2D eigenvalue weighted by atomic mass is 16.3. The molecule has 2 aliphatic carbocycles. The van der Waals surface area contributed by atoms with Crippen molar-refractivity contribution in [2.75, 3.05) is 9.80 Å². The van der Waals surface area contributed by atoms with Crippen LogP contribution >= 0.6 is 0 Å². The highest BCUT2D eigenvalue weighted by molar-refractivity contribution is 6.29. The molecule has 410 valence electrons. The van der Waals surface area contributed by atoms with Gasteiger partial charge in [0.15, 0.2) is 0 Å². The fourth-order valence-corrected chi connectivity index (χ4v) is 15.5. The van der Waals surface area contributed by atoms with Crippen molar-refractivity contribution in [3.8, 4) is 22.3 Å². The molecule has 12 aromatic carbocycles. The summed E-state index contributed by atoms with van der Waals surface area (Å²) in [6.45, 7) is 9.17. The standard InChI is InChI=1S/C80H68N2O2/c1-49-19-15-20-50(2)77(49)81(57-39-35-55(36-40-57)59-29-17-31-65-61-27-11-13-33-73(61)83-79(59)65)71-47-69(53-23-7-5-8-24-53)63-44-46-68-72(48-70(54-25-9-6-10-26-54)64-43-45-67(71)75(63)76(64)68)82(78-51(3)21-16-22-52(78)4)58-41-37-56(38-42-58)60-30-18-32-66-62-28-12-14-34-74(62)84-80(60)66/h11-22,27-48,53-54H,5-10,23-26H2,1-4H3. The van der Waals surface area contributed by atoms with Crippen LogP contribution in [-0.4, -0.2) is 0 Å². The molecular formula is C80H68N2O2. The Morgan fingerprint density at radius 1 is 0.321 bits per heavy atom. The van der Waals surface area contributed by atoms with Gasteiger partial charge in [-0.15, -0.1) is 0 Å². The van der Waals surface area contributed by atoms with E-state index in [0.717, 1.165) is 77.5 Å². The average Bonchev–Trinajstić information content (AvgIpc) is 1.09. The number of rotatable bonds is 10. The second-order valence-electron chi connectivity index (χ2n) is 24.5. The van der Waals surface area contributed by atoms with Gasteiger partial charge >= 0.3 is 0 Å². The lowest BCUT2D eigenvalue weighted by Gasteiger charge is -2.34. The fraction of sp³-hybridized carbons (Fsp3) is 0.200. The Morgan fingerprint density at radius 3 is 1.08 bits per heavy atom. The van der Waals surface area contributed by atoms with Crippen molar-refractivity contribution in [1.29, 1.82) is 0 Å². The molecule has 2 fully saturated rings. The van der Waals surface area contributed by atoms with Gasteiger partial charge in [-0.3, -0.25) is 0 Å². The van der Waals surface area contributed by atoms with E-state index in [2.05, 4.69) is 244 Å². The lowest BCUT2D eigenvalue weighted by molar-refractivity contribution is 0.445. The summed E-state index contributed by atoms with van der Waals surface area (Å²) < 4.78 is 13.2. The zero-order valence-corrected chi connectivity index (χ0v) is 48.6. The minimum Gasteiger partial charge on any atom is -0.455 e. The van der Waals surface area contributed by atoms with Crippen LogP contribution in [0.5, 0.6) is 0 Å². The Morgan fingerprint density at radius 2 is 0.679 bits per heavy atom. The van der Waals surface area contributed by atoms with E-state index in [0.29, 0.717) is 11.8 Å². The minimum atomic E-state index is 0.459. The molecule has 2 heterocycles. The maximum Gasteiger partial charge on any atom is 0.143 e. The molecule has 4 nitrogen and oxygen atoms in total. The first-order chi connectivity index (χ1) is 41.3. The zero-order chi connectivity index (χ0) is 56.2. The predicted octanol–water partition coefficient (Wildman–Crippen LogP) is 24.0. The number of hydrogen-bond acceptors (Lipinski definition) is 4. The smallest absolute Gasteiger partial charge is 0.143 e. The van der Waals surface area contributed by atoms with E-state index in [-0.39, 0.29) is 0 Å². The molecule has 84 heavy (non-hydrogen) atoms. The van der Waals surface area contributed by atoms with Crippen LogP contribution < -0.4 is 9.80 Å². The number of furan rings is 2. The monoisotopic (exact) mass is 1090 g/mol. The van der Waals surface area contributed by atoms with Gasteiger partial charge in [0.2, 0.25) is 0 Å². The quantitative estimate of drug-likeness (QED) is 0.128. The number of hydrogen-bond donors (Lipinski definition) is 0. The minimum absolute atomic E-state index is 0.459. The zero-order valence-electron chi connectivity index (χ0n) is 48.6. The lowest BCUT2D eigenvalue weighted by atomic mass is 9.77. The van der Waals surface area contributed by atoms with Crippen molar-refractivity contribution < 1.29 is 8.83 Å².